The van der Waals surface area contributed by atoms with Gasteiger partial charge in [0.05, 0.1) is 12.8 Å². The highest BCUT2D eigenvalue weighted by atomic mass is 16.3. The Morgan fingerprint density at radius 3 is 2.52 bits per heavy atom. The molecule has 21 heavy (non-hydrogen) atoms. The molecular weight excluding hydrogens is 272 g/mol. The maximum Gasteiger partial charge on any atom is 0.272 e. The third kappa shape index (κ3) is 4.22. The number of nitrogens with one attached hydrogen (secondary N) is 1. The number of aliphatic hydroxyl groups is 1. The number of aromatic nitrogens is 2. The van der Waals surface area contributed by atoms with E-state index in [1.54, 1.807) is 4.90 Å². The summed E-state index contributed by atoms with van der Waals surface area (Å²) >= 11 is 0. The molecule has 2 rings (SSSR count). The van der Waals surface area contributed by atoms with Gasteiger partial charge in [0.1, 0.15) is 11.7 Å². The zero-order valence-electron chi connectivity index (χ0n) is 11.9. The number of hydrogen-bond acceptors (Lipinski definition) is 5. The smallest absolute Gasteiger partial charge is 0.272 e. The Balaban J connectivity index is 1.98. The molecule has 7 heteroatoms. The van der Waals surface area contributed by atoms with Crippen LogP contribution in [0.3, 0.4) is 0 Å². The molecule has 0 spiro atoms. The van der Waals surface area contributed by atoms with E-state index < -0.39 is 18.6 Å². The number of rotatable bonds is 4. The number of carbonyl (C=O) groups is 2. The van der Waals surface area contributed by atoms with Crippen molar-refractivity contribution in [2.45, 2.75) is 31.7 Å². The van der Waals surface area contributed by atoms with Gasteiger partial charge in [0.2, 0.25) is 5.91 Å². The van der Waals surface area contributed by atoms with Crippen LogP contribution in [0.5, 0.6) is 0 Å². The summed E-state index contributed by atoms with van der Waals surface area (Å²) in [5.74, 6) is -0.748. The molecule has 1 saturated heterocycles. The molecule has 0 saturated carbocycles. The van der Waals surface area contributed by atoms with E-state index in [4.69, 9.17) is 0 Å². The predicted molar refractivity (Wildman–Crippen MR) is 75.4 cm³/mol. The minimum absolute atomic E-state index is 0.125. The Morgan fingerprint density at radius 2 is 1.95 bits per heavy atom. The number of carbonyl (C=O) groups excluding carboxylic acids is 2. The van der Waals surface area contributed by atoms with Crippen LogP contribution in [-0.2, 0) is 4.79 Å². The highest BCUT2D eigenvalue weighted by Crippen LogP contribution is 2.11. The van der Waals surface area contributed by atoms with Crippen LogP contribution in [0.2, 0.25) is 0 Å². The Bertz CT molecular complexity index is 472. The minimum Gasteiger partial charge on any atom is -0.394 e. The second-order valence-corrected chi connectivity index (χ2v) is 5.04. The van der Waals surface area contributed by atoms with E-state index in [1.807, 2.05) is 0 Å². The van der Waals surface area contributed by atoms with E-state index in [0.29, 0.717) is 13.1 Å². The van der Waals surface area contributed by atoms with E-state index >= 15 is 0 Å². The van der Waals surface area contributed by atoms with Gasteiger partial charge in [-0.3, -0.25) is 14.6 Å². The molecule has 0 unspecified atom stereocenters. The molecule has 1 aliphatic heterocycles. The van der Waals surface area contributed by atoms with Crippen molar-refractivity contribution in [3.05, 3.63) is 24.3 Å². The van der Waals surface area contributed by atoms with Crippen LogP contribution < -0.4 is 5.32 Å². The summed E-state index contributed by atoms with van der Waals surface area (Å²) in [4.78, 5) is 33.7. The molecule has 0 aromatic carbocycles. The molecule has 1 aromatic rings. The van der Waals surface area contributed by atoms with E-state index in [1.165, 1.54) is 18.6 Å². The molecule has 2 amide bonds. The molecular formula is C14H20N4O3. The lowest BCUT2D eigenvalue weighted by molar-refractivity contribution is -0.134. The van der Waals surface area contributed by atoms with Crippen molar-refractivity contribution in [2.24, 2.45) is 0 Å². The van der Waals surface area contributed by atoms with Crippen LogP contribution >= 0.6 is 0 Å². The van der Waals surface area contributed by atoms with Crippen molar-refractivity contribution < 1.29 is 14.7 Å². The van der Waals surface area contributed by atoms with Crippen LogP contribution in [0.4, 0.5) is 0 Å². The standard InChI is InChI=1S/C14H20N4O3/c19-10-12(14(21)18-7-3-1-2-4-8-18)17-13(20)11-9-15-5-6-16-11/h5-6,9,12,19H,1-4,7-8,10H2,(H,17,20)/t12-/m0/s1. The molecule has 1 atom stereocenters. The second kappa shape index (κ2) is 7.68. The number of nitrogens with zero attached hydrogens (tertiary/aromatic N) is 3. The molecule has 0 bridgehead atoms. The van der Waals surface area contributed by atoms with Crippen LogP contribution in [0, 0.1) is 0 Å². The van der Waals surface area contributed by atoms with Crippen molar-refractivity contribution in [3.8, 4) is 0 Å². The van der Waals surface area contributed by atoms with Gasteiger partial charge in [-0.2, -0.15) is 0 Å². The fraction of sp³-hybridized carbons (Fsp3) is 0.571. The Labute approximate surface area is 123 Å². The van der Waals surface area contributed by atoms with Crippen molar-refractivity contribution in [1.82, 2.24) is 20.2 Å². The summed E-state index contributed by atoms with van der Waals surface area (Å²) < 4.78 is 0. The fourth-order valence-corrected chi connectivity index (χ4v) is 2.35. The first kappa shape index (κ1) is 15.4. The van der Waals surface area contributed by atoms with Gasteiger partial charge in [-0.05, 0) is 12.8 Å². The minimum atomic E-state index is -0.933. The molecule has 7 nitrogen and oxygen atoms in total. The Morgan fingerprint density at radius 1 is 1.24 bits per heavy atom. The van der Waals surface area contributed by atoms with Gasteiger partial charge in [-0.1, -0.05) is 12.8 Å². The summed E-state index contributed by atoms with van der Waals surface area (Å²) in [6, 6.07) is -0.933. The van der Waals surface area contributed by atoms with E-state index in [-0.39, 0.29) is 11.6 Å². The van der Waals surface area contributed by atoms with Crippen LogP contribution in [0.15, 0.2) is 18.6 Å². The Kier molecular flexibility index (Phi) is 5.62. The molecule has 1 aliphatic rings. The SMILES string of the molecule is O=C(N[C@@H](CO)C(=O)N1CCCCCC1)c1cnccn1. The lowest BCUT2D eigenvalue weighted by atomic mass is 10.2. The zero-order valence-corrected chi connectivity index (χ0v) is 11.9. The first-order chi connectivity index (χ1) is 10.2. The predicted octanol–water partition coefficient (Wildman–Crippen LogP) is -0.0301. The molecule has 1 aromatic heterocycles. The Hall–Kier alpha value is -2.02. The molecule has 2 N–H and O–H groups in total. The van der Waals surface area contributed by atoms with E-state index in [9.17, 15) is 14.7 Å². The quantitative estimate of drug-likeness (QED) is 0.812. The number of likely N-dealkylation sites (tertiary alicyclic amines) is 1. The van der Waals surface area contributed by atoms with Crippen molar-refractivity contribution in [2.75, 3.05) is 19.7 Å². The zero-order chi connectivity index (χ0) is 15.1. The lowest BCUT2D eigenvalue weighted by Gasteiger charge is -2.25. The molecule has 0 radical (unpaired) electrons. The van der Waals surface area contributed by atoms with Gasteiger partial charge in [-0.15, -0.1) is 0 Å². The maximum absolute atomic E-state index is 12.4. The molecule has 2 heterocycles. The molecule has 114 valence electrons. The first-order valence-electron chi connectivity index (χ1n) is 7.19. The molecule has 1 fully saturated rings. The largest absolute Gasteiger partial charge is 0.394 e. The van der Waals surface area contributed by atoms with E-state index in [2.05, 4.69) is 15.3 Å². The number of amides is 2. The summed E-state index contributed by atoms with van der Waals surface area (Å²) in [6.07, 6.45) is 8.32. The number of hydrogen-bond donors (Lipinski definition) is 2. The van der Waals surface area contributed by atoms with Crippen molar-refractivity contribution in [1.29, 1.82) is 0 Å². The average molecular weight is 292 g/mol. The average Bonchev–Trinajstić information content (AvgIpc) is 2.81. The monoisotopic (exact) mass is 292 g/mol. The van der Waals surface area contributed by atoms with Gasteiger partial charge < -0.3 is 15.3 Å². The summed E-state index contributed by atoms with van der Waals surface area (Å²) in [5, 5.41) is 11.9. The highest BCUT2D eigenvalue weighted by molar-refractivity contribution is 5.95. The molecule has 0 aliphatic carbocycles. The van der Waals surface area contributed by atoms with Crippen LogP contribution in [0.1, 0.15) is 36.2 Å². The fourth-order valence-electron chi connectivity index (χ4n) is 2.35. The first-order valence-corrected chi connectivity index (χ1v) is 7.19. The topological polar surface area (TPSA) is 95.4 Å². The number of aliphatic hydroxyl groups excluding tert-OH is 1. The normalized spacial score (nSPS) is 16.9. The summed E-state index contributed by atoms with van der Waals surface area (Å²) in [6.45, 7) is 0.925. The van der Waals surface area contributed by atoms with Crippen LogP contribution in [-0.4, -0.2) is 57.5 Å². The van der Waals surface area contributed by atoms with Gasteiger partial charge in [0, 0.05) is 25.5 Å². The third-order valence-electron chi connectivity index (χ3n) is 3.50. The van der Waals surface area contributed by atoms with Gasteiger partial charge in [0.15, 0.2) is 0 Å². The highest BCUT2D eigenvalue weighted by Gasteiger charge is 2.26. The van der Waals surface area contributed by atoms with Gasteiger partial charge in [-0.25, -0.2) is 4.98 Å². The van der Waals surface area contributed by atoms with Gasteiger partial charge in [0.25, 0.3) is 5.91 Å². The van der Waals surface area contributed by atoms with E-state index in [0.717, 1.165) is 25.7 Å². The van der Waals surface area contributed by atoms with Gasteiger partial charge >= 0.3 is 0 Å². The summed E-state index contributed by atoms with van der Waals surface area (Å²) in [7, 11) is 0. The second-order valence-electron chi connectivity index (χ2n) is 5.04. The maximum atomic E-state index is 12.4. The summed E-state index contributed by atoms with van der Waals surface area (Å²) in [5.41, 5.74) is 0.125. The van der Waals surface area contributed by atoms with Crippen molar-refractivity contribution >= 4 is 11.8 Å². The van der Waals surface area contributed by atoms with Crippen molar-refractivity contribution in [3.63, 3.8) is 0 Å². The van der Waals surface area contributed by atoms with Crippen LogP contribution in [0.25, 0.3) is 0 Å². The third-order valence-corrected chi connectivity index (χ3v) is 3.50. The lowest BCUT2D eigenvalue weighted by Crippen LogP contribution is -2.50.